The van der Waals surface area contributed by atoms with Gasteiger partial charge in [0, 0.05) is 12.4 Å². The van der Waals surface area contributed by atoms with E-state index in [0.29, 0.717) is 23.0 Å². The lowest BCUT2D eigenvalue weighted by molar-refractivity contribution is 0.964. The molecule has 0 aliphatic heterocycles. The molecule has 0 spiro atoms. The van der Waals surface area contributed by atoms with Gasteiger partial charge in [0.15, 0.2) is 0 Å². The summed E-state index contributed by atoms with van der Waals surface area (Å²) in [7, 11) is 0. The summed E-state index contributed by atoms with van der Waals surface area (Å²) in [4.78, 5) is 3.82. The first-order valence-electron chi connectivity index (χ1n) is 3.23. The van der Waals surface area contributed by atoms with Gasteiger partial charge in [-0.3, -0.25) is 4.98 Å². The molecule has 0 fully saturated rings. The van der Waals surface area contributed by atoms with Crippen LogP contribution in [0.3, 0.4) is 0 Å². The summed E-state index contributed by atoms with van der Waals surface area (Å²) in [6.45, 7) is 0.545. The molecule has 0 aliphatic rings. The highest BCUT2D eigenvalue weighted by atomic mass is 35.5. The van der Waals surface area contributed by atoms with Gasteiger partial charge in [0.05, 0.1) is 10.0 Å². The molecule has 0 aromatic carbocycles. The van der Waals surface area contributed by atoms with Gasteiger partial charge in [-0.2, -0.15) is 0 Å². The molecule has 2 N–H and O–H groups in total. The molecule has 1 aromatic heterocycles. The summed E-state index contributed by atoms with van der Waals surface area (Å²) in [6.07, 6.45) is 3.83. The second kappa shape index (κ2) is 7.65. The standard InChI is InChI=1S/C7H8Cl2N2.2ClH/c8-6-3-11-4-7(9)5(6)1-2-10;;/h3-4H,1-2,10H2;2*1H. The van der Waals surface area contributed by atoms with Crippen molar-refractivity contribution in [1.82, 2.24) is 4.98 Å². The van der Waals surface area contributed by atoms with Crippen LogP contribution in [-0.4, -0.2) is 11.5 Å². The smallest absolute Gasteiger partial charge is 0.0636 e. The number of nitrogens with zero attached hydrogens (tertiary/aromatic N) is 1. The average Bonchev–Trinajstić information content (AvgIpc) is 1.97. The second-order valence-corrected chi connectivity index (χ2v) is 2.93. The Hall–Kier alpha value is 0.270. The highest BCUT2D eigenvalue weighted by molar-refractivity contribution is 6.35. The predicted octanol–water partition coefficient (Wildman–Crippen LogP) is 2.73. The minimum Gasteiger partial charge on any atom is -0.330 e. The number of pyridine rings is 1. The van der Waals surface area contributed by atoms with Crippen LogP contribution in [0.2, 0.25) is 10.0 Å². The Labute approximate surface area is 99.6 Å². The van der Waals surface area contributed by atoms with Crippen molar-refractivity contribution < 1.29 is 0 Å². The van der Waals surface area contributed by atoms with Crippen molar-refractivity contribution >= 4 is 48.0 Å². The summed E-state index contributed by atoms with van der Waals surface area (Å²) < 4.78 is 0. The van der Waals surface area contributed by atoms with E-state index < -0.39 is 0 Å². The van der Waals surface area contributed by atoms with E-state index in [1.807, 2.05) is 0 Å². The van der Waals surface area contributed by atoms with Crippen molar-refractivity contribution in [1.29, 1.82) is 0 Å². The summed E-state index contributed by atoms with van der Waals surface area (Å²) in [5.74, 6) is 0. The maximum Gasteiger partial charge on any atom is 0.0636 e. The number of rotatable bonds is 2. The molecule has 1 heterocycles. The minimum absolute atomic E-state index is 0. The van der Waals surface area contributed by atoms with Gasteiger partial charge in [-0.1, -0.05) is 23.2 Å². The summed E-state index contributed by atoms with van der Waals surface area (Å²) in [5, 5.41) is 1.17. The van der Waals surface area contributed by atoms with Gasteiger partial charge < -0.3 is 5.73 Å². The molecular weight excluding hydrogens is 254 g/mol. The maximum absolute atomic E-state index is 5.81. The van der Waals surface area contributed by atoms with E-state index in [4.69, 9.17) is 28.9 Å². The number of halogens is 4. The van der Waals surface area contributed by atoms with Crippen LogP contribution in [0, 0.1) is 0 Å². The maximum atomic E-state index is 5.81. The second-order valence-electron chi connectivity index (χ2n) is 2.12. The van der Waals surface area contributed by atoms with Crippen molar-refractivity contribution in [2.24, 2.45) is 5.73 Å². The molecule has 0 bridgehead atoms. The van der Waals surface area contributed by atoms with E-state index in [2.05, 4.69) is 4.98 Å². The molecule has 1 rings (SSSR count). The van der Waals surface area contributed by atoms with E-state index in [1.54, 1.807) is 12.4 Å². The SMILES string of the molecule is Cl.Cl.NCCc1c(Cl)cncc1Cl. The molecule has 0 unspecified atom stereocenters. The van der Waals surface area contributed by atoms with Gasteiger partial charge in [-0.05, 0) is 18.5 Å². The van der Waals surface area contributed by atoms with Crippen LogP contribution in [0.1, 0.15) is 5.56 Å². The minimum atomic E-state index is 0. The molecular formula is C7H10Cl4N2. The van der Waals surface area contributed by atoms with Gasteiger partial charge in [0.2, 0.25) is 0 Å². The van der Waals surface area contributed by atoms with Gasteiger partial charge in [-0.25, -0.2) is 0 Å². The molecule has 0 atom stereocenters. The van der Waals surface area contributed by atoms with Crippen LogP contribution in [0.25, 0.3) is 0 Å². The van der Waals surface area contributed by atoms with Crippen molar-refractivity contribution in [2.45, 2.75) is 6.42 Å². The first-order valence-corrected chi connectivity index (χ1v) is 3.99. The zero-order valence-electron chi connectivity index (χ0n) is 6.67. The lowest BCUT2D eigenvalue weighted by Crippen LogP contribution is -2.03. The fraction of sp³-hybridized carbons (Fsp3) is 0.286. The molecule has 76 valence electrons. The topological polar surface area (TPSA) is 38.9 Å². The normalized spacial score (nSPS) is 8.54. The Bertz CT molecular complexity index is 234. The van der Waals surface area contributed by atoms with Crippen LogP contribution < -0.4 is 5.73 Å². The molecule has 0 saturated heterocycles. The molecule has 0 radical (unpaired) electrons. The van der Waals surface area contributed by atoms with Gasteiger partial charge in [0.1, 0.15) is 0 Å². The third-order valence-corrected chi connectivity index (χ3v) is 2.00. The molecule has 1 aromatic rings. The largest absolute Gasteiger partial charge is 0.330 e. The Balaban J connectivity index is 0. The van der Waals surface area contributed by atoms with Crippen molar-refractivity contribution in [3.05, 3.63) is 28.0 Å². The third kappa shape index (κ3) is 4.34. The Kier molecular flexibility index (Phi) is 9.26. The quantitative estimate of drug-likeness (QED) is 0.891. The molecule has 2 nitrogen and oxygen atoms in total. The van der Waals surface area contributed by atoms with Gasteiger partial charge in [-0.15, -0.1) is 24.8 Å². The number of hydrogen-bond donors (Lipinski definition) is 1. The zero-order chi connectivity index (χ0) is 8.27. The monoisotopic (exact) mass is 262 g/mol. The lowest BCUT2D eigenvalue weighted by Gasteiger charge is -2.02. The number of aromatic nitrogens is 1. The Morgan fingerprint density at radius 1 is 1.15 bits per heavy atom. The van der Waals surface area contributed by atoms with Crippen molar-refractivity contribution in [2.75, 3.05) is 6.54 Å². The number of hydrogen-bond acceptors (Lipinski definition) is 2. The van der Waals surface area contributed by atoms with Crippen LogP contribution in [0.15, 0.2) is 12.4 Å². The average molecular weight is 264 g/mol. The van der Waals surface area contributed by atoms with Gasteiger partial charge >= 0.3 is 0 Å². The summed E-state index contributed by atoms with van der Waals surface area (Å²) >= 11 is 11.6. The fourth-order valence-electron chi connectivity index (χ4n) is 0.821. The van der Waals surface area contributed by atoms with Crippen molar-refractivity contribution in [3.8, 4) is 0 Å². The predicted molar refractivity (Wildman–Crippen MR) is 61.5 cm³/mol. The highest BCUT2D eigenvalue weighted by Gasteiger charge is 2.03. The van der Waals surface area contributed by atoms with Crippen LogP contribution >= 0.6 is 48.0 Å². The number of nitrogens with two attached hydrogens (primary N) is 1. The molecule has 0 saturated carbocycles. The van der Waals surface area contributed by atoms with E-state index in [0.717, 1.165) is 5.56 Å². The summed E-state index contributed by atoms with van der Waals surface area (Å²) in [5.41, 5.74) is 6.24. The van der Waals surface area contributed by atoms with E-state index >= 15 is 0 Å². The highest BCUT2D eigenvalue weighted by Crippen LogP contribution is 2.22. The van der Waals surface area contributed by atoms with Crippen LogP contribution in [0.5, 0.6) is 0 Å². The Morgan fingerprint density at radius 2 is 1.62 bits per heavy atom. The fourth-order valence-corrected chi connectivity index (χ4v) is 1.37. The summed E-state index contributed by atoms with van der Waals surface area (Å²) in [6, 6.07) is 0. The van der Waals surface area contributed by atoms with Gasteiger partial charge in [0.25, 0.3) is 0 Å². The van der Waals surface area contributed by atoms with E-state index in [-0.39, 0.29) is 24.8 Å². The lowest BCUT2D eigenvalue weighted by atomic mass is 10.2. The van der Waals surface area contributed by atoms with Crippen LogP contribution in [-0.2, 0) is 6.42 Å². The molecule has 0 aliphatic carbocycles. The van der Waals surface area contributed by atoms with E-state index in [9.17, 15) is 0 Å². The molecule has 0 amide bonds. The first kappa shape index (κ1) is 15.7. The molecule has 6 heteroatoms. The van der Waals surface area contributed by atoms with Crippen LogP contribution in [0.4, 0.5) is 0 Å². The molecule has 13 heavy (non-hydrogen) atoms. The van der Waals surface area contributed by atoms with Crippen molar-refractivity contribution in [3.63, 3.8) is 0 Å². The Morgan fingerprint density at radius 3 is 2.00 bits per heavy atom. The first-order chi connectivity index (χ1) is 5.25. The van der Waals surface area contributed by atoms with E-state index in [1.165, 1.54) is 0 Å². The third-order valence-electron chi connectivity index (χ3n) is 1.35. The zero-order valence-corrected chi connectivity index (χ0v) is 9.81.